The molecule has 1 aromatic heterocycles. The van der Waals surface area contributed by atoms with Crippen LogP contribution in [0.4, 0.5) is 17.2 Å². The Hall–Kier alpha value is -4.14. The zero-order valence-electron chi connectivity index (χ0n) is 15.7. The molecule has 30 heavy (non-hydrogen) atoms. The van der Waals surface area contributed by atoms with E-state index >= 15 is 0 Å². The largest absolute Gasteiger partial charge is 0.478 e. The molecule has 5 rings (SSSR count). The summed E-state index contributed by atoms with van der Waals surface area (Å²) in [6.45, 7) is 0.955. The molecule has 0 aliphatic carbocycles. The molecule has 0 radical (unpaired) electrons. The third kappa shape index (κ3) is 3.16. The van der Waals surface area contributed by atoms with Gasteiger partial charge in [-0.1, -0.05) is 0 Å². The maximum Gasteiger partial charge on any atom is 0.328 e. The third-order valence-corrected chi connectivity index (χ3v) is 4.98. The number of carboxylic acid groups (broad SMARTS) is 1. The predicted octanol–water partition coefficient (Wildman–Crippen LogP) is 2.63. The van der Waals surface area contributed by atoms with Crippen molar-refractivity contribution in [3.63, 3.8) is 0 Å². The number of aromatic nitrogens is 2. The summed E-state index contributed by atoms with van der Waals surface area (Å²) < 4.78 is 11.0. The number of carbonyl (C=O) groups is 2. The summed E-state index contributed by atoms with van der Waals surface area (Å²) >= 11 is 0. The van der Waals surface area contributed by atoms with Gasteiger partial charge >= 0.3 is 5.97 Å². The van der Waals surface area contributed by atoms with Crippen LogP contribution in [0.5, 0.6) is 11.5 Å². The second kappa shape index (κ2) is 7.03. The van der Waals surface area contributed by atoms with Crippen LogP contribution in [0.25, 0.3) is 10.9 Å². The number of aliphatic carboxylic acids is 1. The Morgan fingerprint density at radius 2 is 1.93 bits per heavy atom. The quantitative estimate of drug-likeness (QED) is 0.638. The average Bonchev–Trinajstić information content (AvgIpc) is 3.36. The molecule has 0 spiro atoms. The van der Waals surface area contributed by atoms with E-state index in [4.69, 9.17) is 14.6 Å². The number of hydrogen-bond donors (Lipinski definition) is 2. The molecule has 3 aromatic rings. The van der Waals surface area contributed by atoms with Gasteiger partial charge in [0.2, 0.25) is 12.7 Å². The van der Waals surface area contributed by atoms with E-state index in [-0.39, 0.29) is 6.79 Å². The van der Waals surface area contributed by atoms with Crippen molar-refractivity contribution in [3.8, 4) is 11.5 Å². The van der Waals surface area contributed by atoms with E-state index in [2.05, 4.69) is 20.2 Å². The number of amides is 1. The van der Waals surface area contributed by atoms with Gasteiger partial charge in [0.1, 0.15) is 12.1 Å². The van der Waals surface area contributed by atoms with Gasteiger partial charge in [-0.3, -0.25) is 4.79 Å². The number of hydrogen-bond acceptors (Lipinski definition) is 7. The van der Waals surface area contributed by atoms with E-state index in [9.17, 15) is 9.59 Å². The average molecular weight is 404 g/mol. The van der Waals surface area contributed by atoms with Crippen LogP contribution >= 0.6 is 0 Å². The molecule has 0 saturated carbocycles. The molecule has 0 bridgehead atoms. The molecule has 0 unspecified atom stereocenters. The number of nitrogens with zero attached hydrogens (tertiary/aromatic N) is 3. The number of ether oxygens (including phenoxy) is 2. The molecule has 0 atom stereocenters. The van der Waals surface area contributed by atoms with Crippen molar-refractivity contribution in [1.82, 2.24) is 9.97 Å². The highest BCUT2D eigenvalue weighted by molar-refractivity contribution is 6.04. The van der Waals surface area contributed by atoms with E-state index in [0.29, 0.717) is 11.4 Å². The summed E-state index contributed by atoms with van der Waals surface area (Å²) in [5.41, 5.74) is 3.39. The van der Waals surface area contributed by atoms with Crippen molar-refractivity contribution >= 4 is 40.0 Å². The zero-order chi connectivity index (χ0) is 20.7. The van der Waals surface area contributed by atoms with Crippen LogP contribution in [-0.4, -0.2) is 40.3 Å². The minimum atomic E-state index is -1.19. The smallest absolute Gasteiger partial charge is 0.328 e. The van der Waals surface area contributed by atoms with Crippen molar-refractivity contribution in [1.29, 1.82) is 0 Å². The van der Waals surface area contributed by atoms with Crippen LogP contribution in [0, 0.1) is 0 Å². The van der Waals surface area contributed by atoms with Crippen LogP contribution in [0.2, 0.25) is 0 Å². The van der Waals surface area contributed by atoms with Crippen molar-refractivity contribution in [2.45, 2.75) is 6.42 Å². The lowest BCUT2D eigenvalue weighted by Crippen LogP contribution is -2.15. The van der Waals surface area contributed by atoms with Crippen LogP contribution < -0.4 is 19.7 Å². The Morgan fingerprint density at radius 1 is 1.10 bits per heavy atom. The van der Waals surface area contributed by atoms with Gasteiger partial charge in [-0.15, -0.1) is 0 Å². The third-order valence-electron chi connectivity index (χ3n) is 4.98. The number of fused-ring (bicyclic) bond motifs is 3. The van der Waals surface area contributed by atoms with Crippen molar-refractivity contribution < 1.29 is 24.2 Å². The zero-order valence-corrected chi connectivity index (χ0v) is 15.7. The molecule has 0 fully saturated rings. The number of benzene rings is 2. The van der Waals surface area contributed by atoms with E-state index in [1.54, 1.807) is 18.2 Å². The van der Waals surface area contributed by atoms with Crippen LogP contribution in [-0.2, 0) is 16.0 Å². The van der Waals surface area contributed by atoms with Gasteiger partial charge < -0.3 is 24.8 Å². The first-order chi connectivity index (χ1) is 14.6. The van der Waals surface area contributed by atoms with Gasteiger partial charge in [0.25, 0.3) is 0 Å². The number of rotatable bonds is 4. The monoisotopic (exact) mass is 404 g/mol. The van der Waals surface area contributed by atoms with Gasteiger partial charge in [0.15, 0.2) is 11.5 Å². The fourth-order valence-corrected chi connectivity index (χ4v) is 3.66. The number of carbonyl (C=O) groups excluding carboxylic acids is 1. The van der Waals surface area contributed by atoms with Crippen molar-refractivity contribution in [2.75, 3.05) is 23.6 Å². The van der Waals surface area contributed by atoms with E-state index in [1.165, 1.54) is 6.33 Å². The van der Waals surface area contributed by atoms with Crippen LogP contribution in [0.1, 0.15) is 5.56 Å². The molecule has 2 N–H and O–H groups in total. The van der Waals surface area contributed by atoms with Crippen LogP contribution in [0.15, 0.2) is 48.8 Å². The maximum atomic E-state index is 11.9. The highest BCUT2D eigenvalue weighted by Gasteiger charge is 2.27. The molecule has 2 aromatic carbocycles. The maximum absolute atomic E-state index is 11.9. The first kappa shape index (κ1) is 17.9. The highest BCUT2D eigenvalue weighted by Crippen LogP contribution is 2.44. The summed E-state index contributed by atoms with van der Waals surface area (Å²) in [5, 5.41) is 12.1. The topological polar surface area (TPSA) is 114 Å². The van der Waals surface area contributed by atoms with E-state index < -0.39 is 11.9 Å². The highest BCUT2D eigenvalue weighted by atomic mass is 16.7. The minimum absolute atomic E-state index is 0.216. The Kier molecular flexibility index (Phi) is 4.20. The van der Waals surface area contributed by atoms with Crippen molar-refractivity contribution in [2.24, 2.45) is 0 Å². The molecular formula is C21H16N4O5. The first-order valence-electron chi connectivity index (χ1n) is 9.25. The lowest BCUT2D eigenvalue weighted by atomic mass is 10.1. The number of nitrogens with one attached hydrogen (secondary N) is 1. The SMILES string of the molecule is O=C(O)C=CC(=O)Nc1ccc2ncnc(N3CCc4cc5c(cc43)OCO5)c2c1. The molecule has 0 saturated heterocycles. The lowest BCUT2D eigenvalue weighted by Gasteiger charge is -2.20. The molecule has 3 heterocycles. The fourth-order valence-electron chi connectivity index (χ4n) is 3.66. The molecule has 2 aliphatic heterocycles. The molecular weight excluding hydrogens is 388 g/mol. The Labute approximate surface area is 170 Å². The van der Waals surface area contributed by atoms with Gasteiger partial charge in [-0.05, 0) is 36.2 Å². The fraction of sp³-hybridized carbons (Fsp3) is 0.143. The predicted molar refractivity (Wildman–Crippen MR) is 108 cm³/mol. The van der Waals surface area contributed by atoms with Gasteiger partial charge in [0, 0.05) is 41.5 Å². The number of carboxylic acids is 1. The van der Waals surface area contributed by atoms with Gasteiger partial charge in [-0.2, -0.15) is 0 Å². The molecule has 2 aliphatic rings. The Balaban J connectivity index is 1.52. The first-order valence-corrected chi connectivity index (χ1v) is 9.25. The standard InChI is InChI=1S/C21H16N4O5/c26-19(3-4-20(27)28)24-13-1-2-15-14(8-13)21(23-10-22-15)25-6-5-12-7-17-18(9-16(12)25)30-11-29-17/h1-4,7-10H,5-6,11H2,(H,24,26)(H,27,28). The van der Waals surface area contributed by atoms with Gasteiger partial charge in [0.05, 0.1) is 5.52 Å². The Morgan fingerprint density at radius 3 is 2.77 bits per heavy atom. The molecule has 9 heteroatoms. The van der Waals surface area contributed by atoms with E-state index in [1.807, 2.05) is 12.1 Å². The second-order valence-corrected chi connectivity index (χ2v) is 6.83. The van der Waals surface area contributed by atoms with Gasteiger partial charge in [-0.25, -0.2) is 14.8 Å². The second-order valence-electron chi connectivity index (χ2n) is 6.83. The Bertz CT molecular complexity index is 1220. The van der Waals surface area contributed by atoms with Crippen molar-refractivity contribution in [3.05, 3.63) is 54.4 Å². The molecule has 1 amide bonds. The summed E-state index contributed by atoms with van der Waals surface area (Å²) in [7, 11) is 0. The molecule has 9 nitrogen and oxygen atoms in total. The van der Waals surface area contributed by atoms with E-state index in [0.717, 1.165) is 58.8 Å². The minimum Gasteiger partial charge on any atom is -0.478 e. The summed E-state index contributed by atoms with van der Waals surface area (Å²) in [6.07, 6.45) is 4.11. The summed E-state index contributed by atoms with van der Waals surface area (Å²) in [4.78, 5) is 33.4. The molecule has 150 valence electrons. The lowest BCUT2D eigenvalue weighted by molar-refractivity contribution is -0.131. The summed E-state index contributed by atoms with van der Waals surface area (Å²) in [6, 6.07) is 9.24. The normalized spacial score (nSPS) is 14.3. The number of anilines is 3. The summed E-state index contributed by atoms with van der Waals surface area (Å²) in [5.74, 6) is 0.455. The van der Waals surface area contributed by atoms with Crippen LogP contribution in [0.3, 0.4) is 0 Å².